The van der Waals surface area contributed by atoms with Gasteiger partial charge < -0.3 is 20.5 Å². The van der Waals surface area contributed by atoms with Crippen LogP contribution in [-0.2, 0) is 4.79 Å². The molecule has 5 nitrogen and oxygen atoms in total. The number of anilines is 1. The highest BCUT2D eigenvalue weighted by atomic mass is 16.5. The fourth-order valence-electron chi connectivity index (χ4n) is 2.34. The van der Waals surface area contributed by atoms with Gasteiger partial charge in [0.1, 0.15) is 18.5 Å². The van der Waals surface area contributed by atoms with E-state index in [2.05, 4.69) is 10.6 Å². The molecule has 1 amide bonds. The summed E-state index contributed by atoms with van der Waals surface area (Å²) in [6.07, 6.45) is 2.83. The van der Waals surface area contributed by atoms with Crippen molar-refractivity contribution in [3.8, 4) is 5.75 Å². The van der Waals surface area contributed by atoms with Crippen molar-refractivity contribution in [3.05, 3.63) is 24.3 Å². The summed E-state index contributed by atoms with van der Waals surface area (Å²) in [4.78, 5) is 10.9. The minimum absolute atomic E-state index is 0.0996. The molecule has 20 heavy (non-hydrogen) atoms. The number of rotatable bonds is 5. The molecule has 1 aliphatic heterocycles. The minimum Gasteiger partial charge on any atom is -0.491 e. The number of aliphatic hydroxyl groups is 1. The highest BCUT2D eigenvalue weighted by molar-refractivity contribution is 5.88. The molecule has 2 atom stereocenters. The molecular weight excluding hydrogens is 256 g/mol. The molecule has 1 heterocycles. The number of piperidine rings is 1. The summed E-state index contributed by atoms with van der Waals surface area (Å²) in [6.45, 7) is 2.71. The van der Waals surface area contributed by atoms with Crippen LogP contribution in [0.4, 0.5) is 5.69 Å². The fourth-order valence-corrected chi connectivity index (χ4v) is 2.34. The van der Waals surface area contributed by atoms with Crippen molar-refractivity contribution in [3.63, 3.8) is 0 Å². The van der Waals surface area contributed by atoms with Crippen LogP contribution in [-0.4, -0.2) is 36.3 Å². The largest absolute Gasteiger partial charge is 0.491 e. The van der Waals surface area contributed by atoms with E-state index in [9.17, 15) is 9.90 Å². The fraction of sp³-hybridized carbons (Fsp3) is 0.533. The maximum absolute atomic E-state index is 10.9. The van der Waals surface area contributed by atoms with Gasteiger partial charge in [-0.15, -0.1) is 0 Å². The van der Waals surface area contributed by atoms with Crippen LogP contribution in [0.5, 0.6) is 5.75 Å². The smallest absolute Gasteiger partial charge is 0.221 e. The zero-order valence-corrected chi connectivity index (χ0v) is 11.8. The van der Waals surface area contributed by atoms with Crippen LogP contribution in [0.2, 0.25) is 0 Å². The van der Waals surface area contributed by atoms with Gasteiger partial charge >= 0.3 is 0 Å². The van der Waals surface area contributed by atoms with Gasteiger partial charge in [-0.2, -0.15) is 0 Å². The molecule has 0 aliphatic carbocycles. The quantitative estimate of drug-likeness (QED) is 0.764. The Morgan fingerprint density at radius 2 is 2.20 bits per heavy atom. The van der Waals surface area contributed by atoms with Crippen LogP contribution in [0.15, 0.2) is 24.3 Å². The maximum Gasteiger partial charge on any atom is 0.221 e. The minimum atomic E-state index is -0.495. The molecule has 2 rings (SSSR count). The number of carbonyl (C=O) groups excluding carboxylic acids is 1. The predicted molar refractivity (Wildman–Crippen MR) is 77.9 cm³/mol. The summed E-state index contributed by atoms with van der Waals surface area (Å²) in [5.74, 6) is 0.589. The molecule has 0 radical (unpaired) electrons. The van der Waals surface area contributed by atoms with Gasteiger partial charge in [0, 0.05) is 18.7 Å². The molecule has 1 aliphatic rings. The lowest BCUT2D eigenvalue weighted by Gasteiger charge is -2.27. The van der Waals surface area contributed by atoms with Gasteiger partial charge in [0.2, 0.25) is 5.91 Å². The molecule has 0 aromatic heterocycles. The van der Waals surface area contributed by atoms with Gasteiger partial charge in [0.05, 0.1) is 0 Å². The van der Waals surface area contributed by atoms with Crippen LogP contribution in [0.3, 0.4) is 0 Å². The first-order chi connectivity index (χ1) is 9.65. The highest BCUT2D eigenvalue weighted by Gasteiger charge is 2.21. The van der Waals surface area contributed by atoms with Crippen LogP contribution in [0.1, 0.15) is 26.2 Å². The van der Waals surface area contributed by atoms with E-state index >= 15 is 0 Å². The van der Waals surface area contributed by atoms with Gasteiger partial charge in [0.15, 0.2) is 0 Å². The van der Waals surface area contributed by atoms with E-state index in [0.29, 0.717) is 5.75 Å². The van der Waals surface area contributed by atoms with E-state index in [-0.39, 0.29) is 18.6 Å². The second kappa shape index (κ2) is 7.26. The summed E-state index contributed by atoms with van der Waals surface area (Å²) in [7, 11) is 0. The van der Waals surface area contributed by atoms with E-state index in [1.807, 2.05) is 0 Å². The second-order valence-electron chi connectivity index (χ2n) is 5.14. The van der Waals surface area contributed by atoms with Gasteiger partial charge in [-0.25, -0.2) is 0 Å². The summed E-state index contributed by atoms with van der Waals surface area (Å²) in [6, 6.07) is 7.25. The topological polar surface area (TPSA) is 70.6 Å². The third-order valence-corrected chi connectivity index (χ3v) is 3.41. The average Bonchev–Trinajstić information content (AvgIpc) is 2.46. The van der Waals surface area contributed by atoms with Crippen molar-refractivity contribution < 1.29 is 14.6 Å². The molecule has 110 valence electrons. The van der Waals surface area contributed by atoms with Crippen molar-refractivity contribution in [2.45, 2.75) is 38.3 Å². The van der Waals surface area contributed by atoms with Crippen molar-refractivity contribution >= 4 is 11.6 Å². The Morgan fingerprint density at radius 3 is 2.80 bits per heavy atom. The van der Waals surface area contributed by atoms with E-state index in [1.165, 1.54) is 13.3 Å². The van der Waals surface area contributed by atoms with E-state index in [4.69, 9.17) is 4.74 Å². The maximum atomic E-state index is 10.9. The van der Waals surface area contributed by atoms with Crippen molar-refractivity contribution in [1.29, 1.82) is 0 Å². The molecule has 2 unspecified atom stereocenters. The zero-order chi connectivity index (χ0) is 14.4. The summed E-state index contributed by atoms with van der Waals surface area (Å²) < 4.78 is 5.58. The summed E-state index contributed by atoms with van der Waals surface area (Å²) in [5, 5.41) is 16.1. The number of hydrogen-bond donors (Lipinski definition) is 3. The molecule has 1 saturated heterocycles. The van der Waals surface area contributed by atoms with Crippen molar-refractivity contribution in [2.75, 3.05) is 18.5 Å². The molecule has 0 bridgehead atoms. The first-order valence-corrected chi connectivity index (χ1v) is 7.07. The number of nitrogens with one attached hydrogen (secondary N) is 2. The van der Waals surface area contributed by atoms with Crippen LogP contribution >= 0.6 is 0 Å². The summed E-state index contributed by atoms with van der Waals surface area (Å²) in [5.41, 5.74) is 0.736. The van der Waals surface area contributed by atoms with Gasteiger partial charge in [0.25, 0.3) is 0 Å². The first-order valence-electron chi connectivity index (χ1n) is 7.07. The molecule has 3 N–H and O–H groups in total. The molecule has 0 spiro atoms. The van der Waals surface area contributed by atoms with Gasteiger partial charge in [-0.3, -0.25) is 4.79 Å². The molecule has 1 aromatic carbocycles. The predicted octanol–water partition coefficient (Wildman–Crippen LogP) is 1.53. The molecular formula is C15H22N2O3. The third kappa shape index (κ3) is 4.51. The van der Waals surface area contributed by atoms with E-state index in [1.54, 1.807) is 24.3 Å². The molecule has 1 aromatic rings. The standard InChI is InChI=1S/C15H22N2O3/c1-11(18)17-12-5-7-13(8-6-12)20-10-15(19)14-4-2-3-9-16-14/h5-8,14-16,19H,2-4,9-10H2,1H3,(H,17,18). The number of carbonyl (C=O) groups is 1. The van der Waals surface area contributed by atoms with Crippen molar-refractivity contribution in [1.82, 2.24) is 5.32 Å². The Hall–Kier alpha value is -1.59. The van der Waals surface area contributed by atoms with Gasteiger partial charge in [-0.05, 0) is 43.7 Å². The third-order valence-electron chi connectivity index (χ3n) is 3.41. The molecule has 0 saturated carbocycles. The van der Waals surface area contributed by atoms with Crippen LogP contribution in [0, 0.1) is 0 Å². The first kappa shape index (κ1) is 14.8. The molecule has 1 fully saturated rings. The number of hydrogen-bond acceptors (Lipinski definition) is 4. The normalized spacial score (nSPS) is 20.2. The lowest BCUT2D eigenvalue weighted by molar-refractivity contribution is -0.114. The lowest BCUT2D eigenvalue weighted by atomic mass is 10.0. The van der Waals surface area contributed by atoms with Crippen LogP contribution in [0.25, 0.3) is 0 Å². The Morgan fingerprint density at radius 1 is 1.45 bits per heavy atom. The second-order valence-corrected chi connectivity index (χ2v) is 5.14. The average molecular weight is 278 g/mol. The highest BCUT2D eigenvalue weighted by Crippen LogP contribution is 2.17. The number of ether oxygens (including phenoxy) is 1. The molecule has 5 heteroatoms. The van der Waals surface area contributed by atoms with Crippen molar-refractivity contribution in [2.24, 2.45) is 0 Å². The number of amides is 1. The van der Waals surface area contributed by atoms with E-state index < -0.39 is 6.10 Å². The Bertz CT molecular complexity index is 427. The Kier molecular flexibility index (Phi) is 5.38. The van der Waals surface area contributed by atoms with E-state index in [0.717, 1.165) is 25.1 Å². The summed E-state index contributed by atoms with van der Waals surface area (Å²) >= 11 is 0. The monoisotopic (exact) mass is 278 g/mol. The number of benzene rings is 1. The van der Waals surface area contributed by atoms with Gasteiger partial charge in [-0.1, -0.05) is 6.42 Å². The SMILES string of the molecule is CC(=O)Nc1ccc(OCC(O)C2CCCCN2)cc1. The number of aliphatic hydroxyl groups excluding tert-OH is 1. The van der Waals surface area contributed by atoms with Crippen LogP contribution < -0.4 is 15.4 Å². The zero-order valence-electron chi connectivity index (χ0n) is 11.8. The lowest BCUT2D eigenvalue weighted by Crippen LogP contribution is -2.45. The Balaban J connectivity index is 1.79. The Labute approximate surface area is 119 Å².